The van der Waals surface area contributed by atoms with E-state index in [9.17, 15) is 4.79 Å². The highest BCUT2D eigenvalue weighted by Gasteiger charge is 2.22. The van der Waals surface area contributed by atoms with Crippen molar-refractivity contribution in [1.29, 1.82) is 0 Å². The number of nitrogens with zero attached hydrogens (tertiary/aromatic N) is 1. The number of benzene rings is 1. The third-order valence-corrected chi connectivity index (χ3v) is 3.99. The fourth-order valence-corrected chi connectivity index (χ4v) is 2.99. The first-order valence-electron chi connectivity index (χ1n) is 7.02. The molecule has 3 heteroatoms. The Bertz CT molecular complexity index is 534. The van der Waals surface area contributed by atoms with Gasteiger partial charge in [0.05, 0.1) is 0 Å². The van der Waals surface area contributed by atoms with Crippen LogP contribution in [0.3, 0.4) is 0 Å². The molecule has 0 aromatic heterocycles. The first-order valence-corrected chi connectivity index (χ1v) is 7.02. The largest absolute Gasteiger partial charge is 0.334 e. The average molecular weight is 256 g/mol. The Balaban J connectivity index is 1.90. The van der Waals surface area contributed by atoms with Gasteiger partial charge in [0.15, 0.2) is 0 Å². The molecule has 0 saturated heterocycles. The Morgan fingerprint density at radius 3 is 3.11 bits per heavy atom. The van der Waals surface area contributed by atoms with Gasteiger partial charge in [0.25, 0.3) is 5.91 Å². The van der Waals surface area contributed by atoms with E-state index < -0.39 is 0 Å². The smallest absolute Gasteiger partial charge is 0.254 e. The van der Waals surface area contributed by atoms with E-state index in [1.165, 1.54) is 16.7 Å². The zero-order valence-electron chi connectivity index (χ0n) is 11.4. The quantitative estimate of drug-likeness (QED) is 0.781. The number of rotatable bonds is 1. The molecule has 3 nitrogen and oxygen atoms in total. The van der Waals surface area contributed by atoms with Crippen molar-refractivity contribution < 1.29 is 4.79 Å². The Morgan fingerprint density at radius 2 is 2.26 bits per heavy atom. The molecule has 0 aliphatic carbocycles. The number of carbonyl (C=O) groups is 1. The van der Waals surface area contributed by atoms with Crippen LogP contribution in [0.2, 0.25) is 0 Å². The van der Waals surface area contributed by atoms with Crippen LogP contribution in [0.1, 0.15) is 34.8 Å². The van der Waals surface area contributed by atoms with E-state index in [1.807, 2.05) is 17.0 Å². The fourth-order valence-electron chi connectivity index (χ4n) is 2.99. The first-order chi connectivity index (χ1) is 9.25. The molecular formula is C16H20N2O. The summed E-state index contributed by atoms with van der Waals surface area (Å²) in [7, 11) is 0. The average Bonchev–Trinajstić information content (AvgIpc) is 2.46. The molecular weight excluding hydrogens is 236 g/mol. The van der Waals surface area contributed by atoms with E-state index in [0.717, 1.165) is 44.6 Å². The summed E-state index contributed by atoms with van der Waals surface area (Å²) < 4.78 is 0. The van der Waals surface area contributed by atoms with Crippen LogP contribution in [0.15, 0.2) is 29.8 Å². The van der Waals surface area contributed by atoms with Crippen molar-refractivity contribution in [2.24, 2.45) is 0 Å². The Labute approximate surface area is 114 Å². The lowest BCUT2D eigenvalue weighted by Crippen LogP contribution is -2.37. The highest BCUT2D eigenvalue weighted by atomic mass is 16.2. The van der Waals surface area contributed by atoms with Gasteiger partial charge in [-0.05, 0) is 43.5 Å². The molecule has 1 amide bonds. The third-order valence-electron chi connectivity index (χ3n) is 3.99. The number of hydrogen-bond donors (Lipinski definition) is 1. The summed E-state index contributed by atoms with van der Waals surface area (Å²) in [6.07, 6.45) is 4.17. The van der Waals surface area contributed by atoms with Gasteiger partial charge in [0, 0.05) is 25.2 Å². The van der Waals surface area contributed by atoms with Gasteiger partial charge in [0.2, 0.25) is 0 Å². The molecule has 0 fully saturated rings. The SMILES string of the molecule is CC1=CCCN(C(=O)c2cccc3c2CCNC3)C1. The van der Waals surface area contributed by atoms with Gasteiger partial charge in [-0.25, -0.2) is 0 Å². The van der Waals surface area contributed by atoms with Crippen molar-refractivity contribution in [3.8, 4) is 0 Å². The molecule has 2 heterocycles. The van der Waals surface area contributed by atoms with Gasteiger partial charge >= 0.3 is 0 Å². The van der Waals surface area contributed by atoms with Crippen LogP contribution in [-0.2, 0) is 13.0 Å². The molecule has 0 spiro atoms. The summed E-state index contributed by atoms with van der Waals surface area (Å²) in [5, 5.41) is 3.36. The number of amides is 1. The summed E-state index contributed by atoms with van der Waals surface area (Å²) in [6.45, 7) is 5.58. The lowest BCUT2D eigenvalue weighted by molar-refractivity contribution is 0.0764. The monoisotopic (exact) mass is 256 g/mol. The molecule has 0 radical (unpaired) electrons. The molecule has 1 aromatic rings. The summed E-state index contributed by atoms with van der Waals surface area (Å²) in [6, 6.07) is 6.12. The van der Waals surface area contributed by atoms with Gasteiger partial charge in [-0.2, -0.15) is 0 Å². The maximum absolute atomic E-state index is 12.7. The zero-order valence-corrected chi connectivity index (χ0v) is 11.4. The molecule has 0 bridgehead atoms. The lowest BCUT2D eigenvalue weighted by Gasteiger charge is -2.28. The first kappa shape index (κ1) is 12.4. The van der Waals surface area contributed by atoms with E-state index in [4.69, 9.17) is 0 Å². The Hall–Kier alpha value is -1.61. The summed E-state index contributed by atoms with van der Waals surface area (Å²) in [4.78, 5) is 14.7. The van der Waals surface area contributed by atoms with Gasteiger partial charge < -0.3 is 10.2 Å². The normalized spacial score (nSPS) is 18.8. The Morgan fingerprint density at radius 1 is 1.37 bits per heavy atom. The molecule has 19 heavy (non-hydrogen) atoms. The molecule has 1 N–H and O–H groups in total. The van der Waals surface area contributed by atoms with Crippen LogP contribution in [0, 0.1) is 0 Å². The minimum atomic E-state index is 0.200. The van der Waals surface area contributed by atoms with Gasteiger partial charge in [-0.1, -0.05) is 23.8 Å². The molecule has 1 aromatic carbocycles. The van der Waals surface area contributed by atoms with E-state index >= 15 is 0 Å². The molecule has 0 saturated carbocycles. The van der Waals surface area contributed by atoms with Crippen LogP contribution < -0.4 is 5.32 Å². The number of fused-ring (bicyclic) bond motifs is 1. The van der Waals surface area contributed by atoms with Crippen molar-refractivity contribution in [1.82, 2.24) is 10.2 Å². The summed E-state index contributed by atoms with van der Waals surface area (Å²) in [5.74, 6) is 0.200. The highest BCUT2D eigenvalue weighted by molar-refractivity contribution is 5.96. The Kier molecular flexibility index (Phi) is 3.38. The highest BCUT2D eigenvalue weighted by Crippen LogP contribution is 2.21. The van der Waals surface area contributed by atoms with Crippen molar-refractivity contribution in [3.05, 3.63) is 46.5 Å². The van der Waals surface area contributed by atoms with E-state index in [-0.39, 0.29) is 5.91 Å². The van der Waals surface area contributed by atoms with Gasteiger partial charge in [-0.3, -0.25) is 4.79 Å². The van der Waals surface area contributed by atoms with Crippen molar-refractivity contribution in [2.75, 3.05) is 19.6 Å². The van der Waals surface area contributed by atoms with E-state index in [2.05, 4.69) is 24.4 Å². The van der Waals surface area contributed by atoms with Crippen molar-refractivity contribution >= 4 is 5.91 Å². The van der Waals surface area contributed by atoms with Crippen molar-refractivity contribution in [3.63, 3.8) is 0 Å². The van der Waals surface area contributed by atoms with Crippen LogP contribution >= 0.6 is 0 Å². The molecule has 3 rings (SSSR count). The van der Waals surface area contributed by atoms with Gasteiger partial charge in [0.1, 0.15) is 0 Å². The standard InChI is InChI=1S/C16H20N2O/c1-12-4-3-9-18(11-12)16(19)15-6-2-5-13-10-17-8-7-14(13)15/h2,4-6,17H,3,7-11H2,1H3. The topological polar surface area (TPSA) is 32.3 Å². The van der Waals surface area contributed by atoms with Crippen LogP contribution in [-0.4, -0.2) is 30.4 Å². The predicted molar refractivity (Wildman–Crippen MR) is 76.1 cm³/mol. The van der Waals surface area contributed by atoms with Crippen LogP contribution in [0.5, 0.6) is 0 Å². The third kappa shape index (κ3) is 2.43. The lowest BCUT2D eigenvalue weighted by atomic mass is 9.94. The van der Waals surface area contributed by atoms with E-state index in [1.54, 1.807) is 0 Å². The second-order valence-electron chi connectivity index (χ2n) is 5.44. The van der Waals surface area contributed by atoms with Crippen molar-refractivity contribution in [2.45, 2.75) is 26.3 Å². The van der Waals surface area contributed by atoms with Crippen LogP contribution in [0.4, 0.5) is 0 Å². The molecule has 0 unspecified atom stereocenters. The molecule has 2 aliphatic heterocycles. The fraction of sp³-hybridized carbons (Fsp3) is 0.438. The predicted octanol–water partition coefficient (Wildman–Crippen LogP) is 2.12. The summed E-state index contributed by atoms with van der Waals surface area (Å²) in [5.41, 5.74) is 4.74. The maximum atomic E-state index is 12.7. The number of nitrogens with one attached hydrogen (secondary N) is 1. The molecule has 2 aliphatic rings. The number of carbonyl (C=O) groups excluding carboxylic acids is 1. The van der Waals surface area contributed by atoms with Crippen LogP contribution in [0.25, 0.3) is 0 Å². The summed E-state index contributed by atoms with van der Waals surface area (Å²) >= 11 is 0. The number of hydrogen-bond acceptors (Lipinski definition) is 2. The second kappa shape index (κ2) is 5.17. The molecule has 100 valence electrons. The minimum Gasteiger partial charge on any atom is -0.334 e. The van der Waals surface area contributed by atoms with E-state index in [0.29, 0.717) is 0 Å². The molecule has 0 atom stereocenters. The maximum Gasteiger partial charge on any atom is 0.254 e. The minimum absolute atomic E-state index is 0.200. The second-order valence-corrected chi connectivity index (χ2v) is 5.44. The van der Waals surface area contributed by atoms with Gasteiger partial charge in [-0.15, -0.1) is 0 Å². The zero-order chi connectivity index (χ0) is 13.2.